The summed E-state index contributed by atoms with van der Waals surface area (Å²) in [4.78, 5) is 9.13. The predicted octanol–water partition coefficient (Wildman–Crippen LogP) is 5.09. The van der Waals surface area contributed by atoms with Gasteiger partial charge in [-0.1, -0.05) is 27.7 Å². The van der Waals surface area contributed by atoms with E-state index >= 15 is 0 Å². The van der Waals surface area contributed by atoms with Crippen LogP contribution in [0.4, 0.5) is 0 Å². The second-order valence-electron chi connectivity index (χ2n) is 4.77. The Morgan fingerprint density at radius 3 is 3.04 bits per heavy atom. The minimum atomic E-state index is 0.809. The molecule has 3 aromatic rings. The number of hydrogen-bond acceptors (Lipinski definition) is 5. The maximum absolute atomic E-state index is 5.44. The van der Waals surface area contributed by atoms with Gasteiger partial charge in [-0.3, -0.25) is 0 Å². The number of hydrogen-bond donors (Lipinski definition) is 0. The number of rotatable bonds is 6. The SMILES string of the molecule is CCn1ccnc1SCc1csc(-c2cc(Br)ccc2OC)n1. The molecule has 1 aromatic carbocycles. The standard InChI is InChI=1S/C16H16BrN3OS2/c1-3-20-7-6-18-16(20)23-10-12-9-22-15(19-12)13-8-11(17)4-5-14(13)21-2/h4-9H,3,10H2,1-2H3. The van der Waals surface area contributed by atoms with Gasteiger partial charge in [-0.05, 0) is 25.1 Å². The van der Waals surface area contributed by atoms with Gasteiger partial charge in [-0.2, -0.15) is 0 Å². The van der Waals surface area contributed by atoms with Gasteiger partial charge in [-0.25, -0.2) is 9.97 Å². The minimum absolute atomic E-state index is 0.809. The summed E-state index contributed by atoms with van der Waals surface area (Å²) in [7, 11) is 1.68. The number of aryl methyl sites for hydroxylation is 1. The smallest absolute Gasteiger partial charge is 0.168 e. The summed E-state index contributed by atoms with van der Waals surface area (Å²) in [5.74, 6) is 1.65. The average molecular weight is 410 g/mol. The summed E-state index contributed by atoms with van der Waals surface area (Å²) < 4.78 is 8.59. The Labute approximate surface area is 152 Å². The number of thioether (sulfide) groups is 1. The number of aromatic nitrogens is 3. The van der Waals surface area contributed by atoms with Crippen molar-refractivity contribution >= 4 is 39.0 Å². The molecule has 0 unspecified atom stereocenters. The maximum atomic E-state index is 5.44. The zero-order valence-electron chi connectivity index (χ0n) is 12.8. The minimum Gasteiger partial charge on any atom is -0.496 e. The Morgan fingerprint density at radius 1 is 1.39 bits per heavy atom. The van der Waals surface area contributed by atoms with E-state index in [0.29, 0.717) is 0 Å². The van der Waals surface area contributed by atoms with Crippen LogP contribution in [0.25, 0.3) is 10.6 Å². The van der Waals surface area contributed by atoms with Crippen LogP contribution in [0, 0.1) is 0 Å². The number of thiazole rings is 1. The third kappa shape index (κ3) is 3.79. The topological polar surface area (TPSA) is 39.9 Å². The van der Waals surface area contributed by atoms with Crippen molar-refractivity contribution in [3.63, 3.8) is 0 Å². The number of imidazole rings is 1. The van der Waals surface area contributed by atoms with Crippen LogP contribution in [-0.2, 0) is 12.3 Å². The Bertz CT molecular complexity index is 800. The van der Waals surface area contributed by atoms with Crippen LogP contribution in [0.1, 0.15) is 12.6 Å². The van der Waals surface area contributed by atoms with E-state index in [-0.39, 0.29) is 0 Å². The fraction of sp³-hybridized carbons (Fsp3) is 0.250. The molecule has 2 heterocycles. The molecule has 4 nitrogen and oxygen atoms in total. The van der Waals surface area contributed by atoms with E-state index in [9.17, 15) is 0 Å². The highest BCUT2D eigenvalue weighted by atomic mass is 79.9. The summed E-state index contributed by atoms with van der Waals surface area (Å²) in [5.41, 5.74) is 2.07. The molecule has 0 N–H and O–H groups in total. The summed E-state index contributed by atoms with van der Waals surface area (Å²) in [6.07, 6.45) is 3.84. The van der Waals surface area contributed by atoms with Gasteiger partial charge >= 0.3 is 0 Å². The van der Waals surface area contributed by atoms with Crippen molar-refractivity contribution in [1.82, 2.24) is 14.5 Å². The maximum Gasteiger partial charge on any atom is 0.168 e. The number of benzene rings is 1. The third-order valence-electron chi connectivity index (χ3n) is 3.31. The normalized spacial score (nSPS) is 10.9. The average Bonchev–Trinajstić information content (AvgIpc) is 3.21. The molecule has 0 aliphatic rings. The Kier molecular flexibility index (Phi) is 5.40. The van der Waals surface area contributed by atoms with Crippen molar-refractivity contribution in [2.75, 3.05) is 7.11 Å². The van der Waals surface area contributed by atoms with Crippen LogP contribution in [0.5, 0.6) is 5.75 Å². The van der Waals surface area contributed by atoms with Gasteiger partial charge in [0.25, 0.3) is 0 Å². The second-order valence-corrected chi connectivity index (χ2v) is 7.49. The fourth-order valence-corrected chi connectivity index (χ4v) is 4.38. The quantitative estimate of drug-likeness (QED) is 0.531. The van der Waals surface area contributed by atoms with E-state index in [1.54, 1.807) is 30.2 Å². The van der Waals surface area contributed by atoms with Crippen molar-refractivity contribution in [2.24, 2.45) is 0 Å². The van der Waals surface area contributed by atoms with Gasteiger partial charge in [0, 0.05) is 34.5 Å². The molecule has 0 saturated carbocycles. The largest absolute Gasteiger partial charge is 0.496 e. The van der Waals surface area contributed by atoms with Crippen LogP contribution < -0.4 is 4.74 Å². The molecular weight excluding hydrogens is 394 g/mol. The molecule has 0 radical (unpaired) electrons. The lowest BCUT2D eigenvalue weighted by atomic mass is 10.2. The van der Waals surface area contributed by atoms with E-state index in [2.05, 4.69) is 37.8 Å². The lowest BCUT2D eigenvalue weighted by Gasteiger charge is -2.06. The molecular formula is C16H16BrN3OS2. The molecule has 0 aliphatic carbocycles. The molecule has 0 atom stereocenters. The van der Waals surface area contributed by atoms with E-state index in [1.807, 2.05) is 30.6 Å². The number of methoxy groups -OCH3 is 1. The van der Waals surface area contributed by atoms with Gasteiger partial charge in [0.05, 0.1) is 18.4 Å². The van der Waals surface area contributed by atoms with Crippen LogP contribution in [0.3, 0.4) is 0 Å². The molecule has 7 heteroatoms. The van der Waals surface area contributed by atoms with Crippen LogP contribution in [0.15, 0.2) is 45.6 Å². The second kappa shape index (κ2) is 7.51. The van der Waals surface area contributed by atoms with E-state index in [1.165, 1.54) is 0 Å². The molecule has 0 spiro atoms. The van der Waals surface area contributed by atoms with Crippen LogP contribution in [-0.4, -0.2) is 21.6 Å². The third-order valence-corrected chi connectivity index (χ3v) is 5.77. The van der Waals surface area contributed by atoms with Gasteiger partial charge < -0.3 is 9.30 Å². The van der Waals surface area contributed by atoms with Crippen LogP contribution >= 0.6 is 39.0 Å². The predicted molar refractivity (Wildman–Crippen MR) is 99.3 cm³/mol. The van der Waals surface area contributed by atoms with Crippen molar-refractivity contribution in [2.45, 2.75) is 24.4 Å². The molecule has 0 bridgehead atoms. The molecule has 3 rings (SSSR count). The lowest BCUT2D eigenvalue weighted by molar-refractivity contribution is 0.416. The van der Waals surface area contributed by atoms with Crippen molar-refractivity contribution in [3.05, 3.63) is 46.1 Å². The van der Waals surface area contributed by atoms with Gasteiger partial charge in [-0.15, -0.1) is 11.3 Å². The van der Waals surface area contributed by atoms with Crippen molar-refractivity contribution < 1.29 is 4.74 Å². The first-order chi connectivity index (χ1) is 11.2. The number of nitrogens with zero attached hydrogens (tertiary/aromatic N) is 3. The number of ether oxygens (including phenoxy) is 1. The molecule has 23 heavy (non-hydrogen) atoms. The highest BCUT2D eigenvalue weighted by molar-refractivity contribution is 9.10. The van der Waals surface area contributed by atoms with Crippen molar-refractivity contribution in [1.29, 1.82) is 0 Å². The van der Waals surface area contributed by atoms with Gasteiger partial charge in [0.1, 0.15) is 10.8 Å². The first kappa shape index (κ1) is 16.5. The monoisotopic (exact) mass is 409 g/mol. The first-order valence-corrected chi connectivity index (χ1v) is 9.79. The first-order valence-electron chi connectivity index (χ1n) is 7.13. The van der Waals surface area contributed by atoms with Crippen molar-refractivity contribution in [3.8, 4) is 16.3 Å². The Hall–Kier alpha value is -1.31. The lowest BCUT2D eigenvalue weighted by Crippen LogP contribution is -1.95. The van der Waals surface area contributed by atoms with Crippen LogP contribution in [0.2, 0.25) is 0 Å². The summed E-state index contributed by atoms with van der Waals surface area (Å²) >= 11 is 6.85. The van der Waals surface area contributed by atoms with Gasteiger partial charge in [0.15, 0.2) is 5.16 Å². The van der Waals surface area contributed by atoms with Gasteiger partial charge in [0.2, 0.25) is 0 Å². The van der Waals surface area contributed by atoms with E-state index in [4.69, 9.17) is 9.72 Å². The number of halogens is 1. The van der Waals surface area contributed by atoms with E-state index < -0.39 is 0 Å². The highest BCUT2D eigenvalue weighted by Gasteiger charge is 2.12. The zero-order valence-corrected chi connectivity index (χ0v) is 16.0. The molecule has 0 aliphatic heterocycles. The summed E-state index contributed by atoms with van der Waals surface area (Å²) in [6, 6.07) is 5.96. The molecule has 0 fully saturated rings. The fourth-order valence-electron chi connectivity index (χ4n) is 2.16. The molecule has 2 aromatic heterocycles. The highest BCUT2D eigenvalue weighted by Crippen LogP contribution is 2.35. The van der Waals surface area contributed by atoms with E-state index in [0.717, 1.165) is 43.9 Å². The molecule has 0 amide bonds. The summed E-state index contributed by atoms with van der Waals surface area (Å²) in [6.45, 7) is 3.05. The molecule has 120 valence electrons. The zero-order chi connectivity index (χ0) is 16.2. The summed E-state index contributed by atoms with van der Waals surface area (Å²) in [5, 5.41) is 4.10. The molecule has 0 saturated heterocycles. The Balaban J connectivity index is 1.77. The Morgan fingerprint density at radius 2 is 2.26 bits per heavy atom.